The van der Waals surface area contributed by atoms with Gasteiger partial charge in [-0.1, -0.05) is 0 Å². The molecule has 4 radical (unpaired) electrons. The van der Waals surface area contributed by atoms with Crippen molar-refractivity contribution in [3.8, 4) is 0 Å². The van der Waals surface area contributed by atoms with Crippen LogP contribution in [0.3, 0.4) is 0 Å². The van der Waals surface area contributed by atoms with Crippen molar-refractivity contribution in [2.24, 2.45) is 0 Å². The molecule has 0 atom stereocenters. The Morgan fingerprint density at radius 3 is 0.300 bits per heavy atom. The smallest absolute Gasteiger partial charge is 1.00 e. The Morgan fingerprint density at radius 1 is 0.300 bits per heavy atom. The molecule has 0 aromatic heterocycles. The third-order valence-corrected chi connectivity index (χ3v) is 0. The van der Waals surface area contributed by atoms with E-state index in [4.69, 9.17) is 0 Å². The van der Waals surface area contributed by atoms with E-state index in [1.807, 2.05) is 0 Å². The van der Waals surface area contributed by atoms with E-state index in [9.17, 15) is 0 Å². The zero-order valence-corrected chi connectivity index (χ0v) is 5.58. The van der Waals surface area contributed by atoms with Gasteiger partial charge in [0, 0.05) is 0 Å². The third kappa shape index (κ3) is 3840. The van der Waals surface area contributed by atoms with Gasteiger partial charge in [0.25, 0.3) is 0 Å². The molecule has 0 saturated heterocycles. The molecule has 0 spiro atoms. The maximum atomic E-state index is 0. The van der Waals surface area contributed by atoms with Crippen molar-refractivity contribution in [1.29, 1.82) is 0 Å². The van der Waals surface area contributed by atoms with Crippen molar-refractivity contribution in [3.63, 3.8) is 0 Å². The van der Waals surface area contributed by atoms with Crippen LogP contribution in [-0.2, 0) is 0 Å². The van der Waals surface area contributed by atoms with Gasteiger partial charge in [0.2, 0.25) is 0 Å². The van der Waals surface area contributed by atoms with Crippen molar-refractivity contribution in [2.45, 2.75) is 0 Å². The van der Waals surface area contributed by atoms with Gasteiger partial charge in [0.15, 0.2) is 0 Å². The fraction of sp³-hybridized carbons (Fsp3) is 0. The monoisotopic (exact) mass is 162 g/mol. The van der Waals surface area contributed by atoms with Gasteiger partial charge in [0.1, 0.15) is 0 Å². The van der Waals surface area contributed by atoms with Crippen molar-refractivity contribution < 1.29 is 62.7 Å². The van der Waals surface area contributed by atoms with Crippen LogP contribution in [0.1, 0.15) is 0 Å². The quantitative estimate of drug-likeness (QED) is 0.300. The second-order valence-electron chi connectivity index (χ2n) is 0. The first-order valence-corrected chi connectivity index (χ1v) is 0. The van der Waals surface area contributed by atoms with Gasteiger partial charge in [-0.05, 0) is 0 Å². The predicted octanol–water partition coefficient (Wildman–Crippen LogP) is -9.97. The van der Waals surface area contributed by atoms with Crippen molar-refractivity contribution in [1.82, 2.24) is 0 Å². The van der Waals surface area contributed by atoms with E-state index in [2.05, 4.69) is 0 Å². The Bertz CT molecular complexity index is 9.22. The van der Waals surface area contributed by atoms with E-state index in [-0.39, 0.29) is 71.1 Å². The van der Waals surface area contributed by atoms with E-state index in [0.717, 1.165) is 0 Å². The van der Waals surface area contributed by atoms with E-state index in [1.54, 1.807) is 0 Å². The van der Waals surface area contributed by atoms with Gasteiger partial charge in [-0.2, -0.15) is 0 Å². The Hall–Kier alpha value is 0.342. The van der Waals surface area contributed by atoms with Crippen LogP contribution >= 0.6 is 0 Å². The molecule has 0 aliphatic carbocycles. The molecule has 10 heavy (non-hydrogen) atoms. The molecule has 16 N–H and O–H groups in total. The van der Waals surface area contributed by atoms with Crippen LogP contribution in [0, 0.1) is 0 Å². The third-order valence-electron chi connectivity index (χ3n) is 0. The van der Waals surface area contributed by atoms with Gasteiger partial charge in [-0.3, -0.25) is 0 Å². The second kappa shape index (κ2) is 5550. The van der Waals surface area contributed by atoms with Gasteiger partial charge < -0.3 is 52.2 Å². The van der Waals surface area contributed by atoms with Crippen LogP contribution in [0.4, 0.5) is 0 Å². The zero-order chi connectivity index (χ0) is 0. The van der Waals surface area contributed by atoms with E-state index >= 15 is 0 Å². The average Bonchev–Trinajstić information content (AvgIpc) is 0. The molecule has 0 aliphatic rings. The van der Waals surface area contributed by atoms with Crippen LogP contribution in [-0.4, -0.2) is 52.2 Å². The van der Waals surface area contributed by atoms with Crippen molar-refractivity contribution in [2.75, 3.05) is 0 Å². The molecule has 0 aromatic rings. The van der Waals surface area contributed by atoms with Crippen LogP contribution in [0.15, 0.2) is 0 Å². The Kier molecular flexibility index (Phi) is 4270000. The van der Waals surface area contributed by atoms with Gasteiger partial charge in [0.05, 0.1) is 0 Å². The molecular weight excluding hydrogens is 146 g/mol. The summed E-state index contributed by atoms with van der Waals surface area (Å²) >= 11 is 0. The summed E-state index contributed by atoms with van der Waals surface area (Å²) in [6.07, 6.45) is 0. The number of rotatable bonds is 0. The minimum Gasteiger partial charge on any atom is -1.00 e. The Labute approximate surface area is 71.8 Å². The molecule has 8 nitrogen and oxygen atoms in total. The van der Waals surface area contributed by atoms with Crippen LogP contribution in [0.5, 0.6) is 0 Å². The molecule has 0 aromatic carbocycles. The Balaban J connectivity index is 0. The molecule has 0 amide bonds. The summed E-state index contributed by atoms with van der Waals surface area (Å²) in [5.41, 5.74) is 0. The first-order valence-electron chi connectivity index (χ1n) is 0. The molecule has 68 valence electrons. The minimum absolute atomic E-state index is 0. The fourth-order valence-corrected chi connectivity index (χ4v) is 0. The molecule has 0 fully saturated rings. The number of hydrogen-bond acceptors (Lipinski definition) is 0. The molecule has 0 heterocycles. The zero-order valence-electron chi connectivity index (χ0n) is 5.58. The summed E-state index contributed by atoms with van der Waals surface area (Å²) in [5.74, 6) is 0. The summed E-state index contributed by atoms with van der Waals surface area (Å²) < 4.78 is 0. The van der Waals surface area contributed by atoms with E-state index < -0.39 is 0 Å². The molecule has 10 heteroatoms. The maximum Gasteiger partial charge on any atom is 1.00 e. The first kappa shape index (κ1) is 7700. The maximum absolute atomic E-state index is 0. The largest absolute Gasteiger partial charge is 1.00 e. The van der Waals surface area contributed by atoms with Gasteiger partial charge >= 0.3 is 18.9 Å². The fourth-order valence-electron chi connectivity index (χ4n) is 0. The molecule has 0 bridgehead atoms. The summed E-state index contributed by atoms with van der Waals surface area (Å²) in [5, 5.41) is 0. The van der Waals surface area contributed by atoms with Crippen LogP contribution in [0.25, 0.3) is 0 Å². The normalized spacial score (nSPS) is 0. The predicted molar refractivity (Wildman–Crippen MR) is 34.7 cm³/mol. The molecule has 0 rings (SSSR count). The first-order chi connectivity index (χ1) is 0. The second-order valence-corrected chi connectivity index (χ2v) is 0. The SMILES string of the molecule is O.O.O.O.O.O.O.O.[B-].[Li+]. The van der Waals surface area contributed by atoms with Gasteiger partial charge in [-0.15, -0.1) is 0 Å². The summed E-state index contributed by atoms with van der Waals surface area (Å²) in [6.45, 7) is 0. The summed E-state index contributed by atoms with van der Waals surface area (Å²) in [6, 6.07) is 0. The molecular formula is H16BLiO8. The number of hydrogen-bond donors (Lipinski definition) is 0. The summed E-state index contributed by atoms with van der Waals surface area (Å²) in [4.78, 5) is 0. The summed E-state index contributed by atoms with van der Waals surface area (Å²) in [7, 11) is 0. The average molecular weight is 162 g/mol. The van der Waals surface area contributed by atoms with E-state index in [0.29, 0.717) is 0 Å². The molecule has 0 unspecified atom stereocenters. The Morgan fingerprint density at radius 2 is 0.300 bits per heavy atom. The van der Waals surface area contributed by atoms with Crippen LogP contribution in [0.2, 0.25) is 0 Å². The minimum atomic E-state index is 0. The van der Waals surface area contributed by atoms with Crippen molar-refractivity contribution >= 4 is 8.41 Å². The standard InChI is InChI=1S/B.Li.8H2O/h;;8*1H2/q-1;+1;;;;;;;;. The van der Waals surface area contributed by atoms with Gasteiger partial charge in [-0.25, -0.2) is 0 Å². The molecule has 0 aliphatic heterocycles. The topological polar surface area (TPSA) is 252 Å². The van der Waals surface area contributed by atoms with Crippen LogP contribution < -0.4 is 18.9 Å². The molecule has 0 saturated carbocycles. The van der Waals surface area contributed by atoms with Crippen molar-refractivity contribution in [3.05, 3.63) is 0 Å². The van der Waals surface area contributed by atoms with E-state index in [1.165, 1.54) is 0 Å².